The number of carbonyl (C=O) groups is 3. The molecule has 3 amide bonds. The molecule has 2 unspecified atom stereocenters. The van der Waals surface area contributed by atoms with Gasteiger partial charge in [-0.25, -0.2) is 4.79 Å². The lowest BCUT2D eigenvalue weighted by molar-refractivity contribution is -0.00168. The van der Waals surface area contributed by atoms with E-state index >= 15 is 0 Å². The largest absolute Gasteiger partial charge is 0.490 e. The number of hydrogen-bond donors (Lipinski definition) is 1. The molecule has 2 aliphatic rings. The summed E-state index contributed by atoms with van der Waals surface area (Å²) in [7, 11) is 0. The van der Waals surface area contributed by atoms with E-state index in [2.05, 4.69) is 47.1 Å². The molecule has 6 heterocycles. The summed E-state index contributed by atoms with van der Waals surface area (Å²) >= 11 is 6.44. The van der Waals surface area contributed by atoms with Crippen LogP contribution in [0.25, 0.3) is 0 Å². The zero-order valence-corrected chi connectivity index (χ0v) is 34.1. The first kappa shape index (κ1) is 43.6. The number of carbonyl (C=O) groups excluding carboxylic acids is 3. The summed E-state index contributed by atoms with van der Waals surface area (Å²) in [6, 6.07) is 13.5. The Hall–Kier alpha value is -3.83. The van der Waals surface area contributed by atoms with Crippen molar-refractivity contribution in [3.05, 3.63) is 94.2 Å². The fourth-order valence-corrected chi connectivity index (χ4v) is 5.94. The maximum absolute atomic E-state index is 12.9. The highest BCUT2D eigenvalue weighted by Gasteiger charge is 2.36. The van der Waals surface area contributed by atoms with E-state index in [1.165, 1.54) is 0 Å². The van der Waals surface area contributed by atoms with Crippen molar-refractivity contribution in [2.24, 2.45) is 0 Å². The minimum Gasteiger partial charge on any atom is -0.490 e. The molecule has 14 nitrogen and oxygen atoms in total. The van der Waals surface area contributed by atoms with Gasteiger partial charge in [-0.05, 0) is 101 Å². The first-order chi connectivity index (χ1) is 24.5. The molecule has 2 atom stereocenters. The Morgan fingerprint density at radius 1 is 0.792 bits per heavy atom. The van der Waals surface area contributed by atoms with Crippen LogP contribution < -0.4 is 14.8 Å². The number of piperazine rings is 2. The fourth-order valence-electron chi connectivity index (χ4n) is 5.33. The van der Waals surface area contributed by atoms with Crippen molar-refractivity contribution in [3.8, 4) is 11.5 Å². The van der Waals surface area contributed by atoms with Gasteiger partial charge in [0, 0.05) is 51.7 Å². The van der Waals surface area contributed by atoms with Gasteiger partial charge in [0.2, 0.25) is 0 Å². The second-order valence-corrected chi connectivity index (χ2v) is 14.2. The number of nitrogens with one attached hydrogen (secondary N) is 1. The molecule has 0 spiro atoms. The molecule has 4 aromatic rings. The van der Waals surface area contributed by atoms with Crippen LogP contribution in [0.5, 0.6) is 11.5 Å². The number of nitrogens with zero attached hydrogens (tertiary/aromatic N) is 5. The Balaban J connectivity index is 0.000000284. The summed E-state index contributed by atoms with van der Waals surface area (Å²) in [5.74, 6) is 1.48. The van der Waals surface area contributed by atoms with Crippen LogP contribution in [-0.4, -0.2) is 113 Å². The zero-order chi connectivity index (χ0) is 36.4. The highest BCUT2D eigenvalue weighted by Crippen LogP contribution is 2.22. The third-order valence-corrected chi connectivity index (χ3v) is 8.58. The second-order valence-electron chi connectivity index (χ2n) is 12.6. The van der Waals surface area contributed by atoms with E-state index in [0.29, 0.717) is 65.9 Å². The molecule has 0 bridgehead atoms. The molecule has 1 N–H and O–H groups in total. The van der Waals surface area contributed by atoms with Crippen LogP contribution in [0, 0.1) is 0 Å². The lowest BCUT2D eigenvalue weighted by Gasteiger charge is -2.41. The predicted molar refractivity (Wildman–Crippen MR) is 207 cm³/mol. The standard InChI is InChI=1S/C20H24BrN3O5.C15H16BrN3O3.2ClH/c1-20(2,3)29-19(26)23-9-10-24(18(25)16-6-7-17(21)28-16)14(12-23)13-27-15-5-4-8-22-11-15;16-14-4-3-13(22-14)15(20)19-7-6-18-8-11(19)10-21-12-2-1-5-17-9-12;;/h4-8,11,14H,9-10,12-13H2,1-3H3;1-5,9,11,18H,6-8,10H2;2*1H. The van der Waals surface area contributed by atoms with E-state index in [9.17, 15) is 14.4 Å². The fraction of sp³-hybridized carbons (Fsp3) is 0.400. The SMILES string of the molecule is CC(C)(C)OC(=O)N1CCN(C(=O)c2ccc(Br)o2)C(COc2cccnc2)C1.Cl.Cl.O=C(c1ccc(Br)o1)N1CCNCC1COc1cccnc1. The van der Waals surface area contributed by atoms with Gasteiger partial charge in [0.05, 0.1) is 24.5 Å². The number of amides is 3. The van der Waals surface area contributed by atoms with E-state index in [1.807, 2.05) is 32.9 Å². The summed E-state index contributed by atoms with van der Waals surface area (Å²) in [5, 5.41) is 3.28. The molecule has 4 aromatic heterocycles. The number of rotatable bonds is 8. The Morgan fingerprint density at radius 2 is 1.32 bits per heavy atom. The van der Waals surface area contributed by atoms with Crippen LogP contribution in [0.15, 0.2) is 91.5 Å². The molecular formula is C35H42Br2Cl2N6O8. The van der Waals surface area contributed by atoms with Crippen molar-refractivity contribution in [2.45, 2.75) is 38.5 Å². The van der Waals surface area contributed by atoms with Gasteiger partial charge in [-0.2, -0.15) is 0 Å². The first-order valence-corrected chi connectivity index (χ1v) is 17.9. The van der Waals surface area contributed by atoms with Crippen molar-refractivity contribution in [3.63, 3.8) is 0 Å². The van der Waals surface area contributed by atoms with Gasteiger partial charge in [0.1, 0.15) is 30.3 Å². The summed E-state index contributed by atoms with van der Waals surface area (Å²) in [5.41, 5.74) is -0.591. The lowest BCUT2D eigenvalue weighted by Crippen LogP contribution is -2.59. The van der Waals surface area contributed by atoms with Crippen LogP contribution in [0.1, 0.15) is 41.9 Å². The normalized spacial score (nSPS) is 17.0. The van der Waals surface area contributed by atoms with Gasteiger partial charge < -0.3 is 43.1 Å². The molecule has 18 heteroatoms. The van der Waals surface area contributed by atoms with Crippen molar-refractivity contribution < 1.29 is 37.4 Å². The van der Waals surface area contributed by atoms with Gasteiger partial charge in [-0.1, -0.05) is 0 Å². The first-order valence-electron chi connectivity index (χ1n) is 16.3. The number of hydrogen-bond acceptors (Lipinski definition) is 11. The Morgan fingerprint density at radius 3 is 1.79 bits per heavy atom. The van der Waals surface area contributed by atoms with Crippen LogP contribution >= 0.6 is 56.7 Å². The molecule has 0 saturated carbocycles. The summed E-state index contributed by atoms with van der Waals surface area (Å²) in [6.07, 6.45) is 6.20. The van der Waals surface area contributed by atoms with Crippen molar-refractivity contribution in [2.75, 3.05) is 52.5 Å². The number of pyridine rings is 2. The third kappa shape index (κ3) is 12.9. The maximum atomic E-state index is 12.9. The van der Waals surface area contributed by atoms with Crippen LogP contribution in [0.4, 0.5) is 4.79 Å². The van der Waals surface area contributed by atoms with E-state index in [0.717, 1.165) is 6.54 Å². The molecule has 288 valence electrons. The topological polar surface area (TPSA) is 153 Å². The van der Waals surface area contributed by atoms with Crippen molar-refractivity contribution in [1.82, 2.24) is 30.0 Å². The number of aromatic nitrogens is 2. The summed E-state index contributed by atoms with van der Waals surface area (Å²) in [4.78, 5) is 51.1. The number of halogens is 4. The van der Waals surface area contributed by atoms with E-state index in [1.54, 1.807) is 75.9 Å². The second kappa shape index (κ2) is 20.6. The van der Waals surface area contributed by atoms with Crippen LogP contribution in [0.3, 0.4) is 0 Å². The van der Waals surface area contributed by atoms with Crippen molar-refractivity contribution >= 4 is 74.6 Å². The van der Waals surface area contributed by atoms with Gasteiger partial charge in [0.25, 0.3) is 11.8 Å². The Bertz CT molecular complexity index is 1740. The highest BCUT2D eigenvalue weighted by molar-refractivity contribution is 9.10. The molecule has 2 saturated heterocycles. The summed E-state index contributed by atoms with van der Waals surface area (Å²) < 4.78 is 28.8. The quantitative estimate of drug-likeness (QED) is 0.211. The average Bonchev–Trinajstić information content (AvgIpc) is 3.77. The maximum Gasteiger partial charge on any atom is 0.410 e. The lowest BCUT2D eigenvalue weighted by atomic mass is 10.1. The Kier molecular flexibility index (Phi) is 16.9. The van der Waals surface area contributed by atoms with E-state index < -0.39 is 11.7 Å². The van der Waals surface area contributed by atoms with Gasteiger partial charge in [-0.3, -0.25) is 19.6 Å². The van der Waals surface area contributed by atoms with Gasteiger partial charge >= 0.3 is 6.09 Å². The molecule has 53 heavy (non-hydrogen) atoms. The van der Waals surface area contributed by atoms with E-state index in [4.69, 9.17) is 23.0 Å². The smallest absolute Gasteiger partial charge is 0.410 e. The number of ether oxygens (including phenoxy) is 3. The monoisotopic (exact) mass is 902 g/mol. The molecule has 6 rings (SSSR count). The molecule has 0 aliphatic carbocycles. The minimum atomic E-state index is -0.591. The van der Waals surface area contributed by atoms with E-state index in [-0.39, 0.29) is 61.1 Å². The number of furan rings is 2. The third-order valence-electron chi connectivity index (χ3n) is 7.73. The van der Waals surface area contributed by atoms with Crippen LogP contribution in [-0.2, 0) is 4.74 Å². The zero-order valence-electron chi connectivity index (χ0n) is 29.3. The molecule has 0 aromatic carbocycles. The highest BCUT2D eigenvalue weighted by atomic mass is 79.9. The van der Waals surface area contributed by atoms with Gasteiger partial charge in [0.15, 0.2) is 20.9 Å². The summed E-state index contributed by atoms with van der Waals surface area (Å²) in [6.45, 7) is 9.16. The molecule has 2 fully saturated rings. The Labute approximate surface area is 337 Å². The predicted octanol–water partition coefficient (Wildman–Crippen LogP) is 6.35. The minimum absolute atomic E-state index is 0. The molecule has 0 radical (unpaired) electrons. The van der Waals surface area contributed by atoms with Crippen molar-refractivity contribution in [1.29, 1.82) is 0 Å². The molecular weight excluding hydrogens is 863 g/mol. The van der Waals surface area contributed by atoms with Gasteiger partial charge in [-0.15, -0.1) is 24.8 Å². The van der Waals surface area contributed by atoms with Crippen LogP contribution in [0.2, 0.25) is 0 Å². The molecule has 2 aliphatic heterocycles. The average molecular weight is 905 g/mol.